The number of nitrogens with zero attached hydrogens (tertiary/aromatic N) is 1. The van der Waals surface area contributed by atoms with Crippen LogP contribution in [0.15, 0.2) is 60.7 Å². The van der Waals surface area contributed by atoms with Crippen molar-refractivity contribution < 1.29 is 13.6 Å². The molecule has 4 aromatic rings. The van der Waals surface area contributed by atoms with Crippen LogP contribution in [0.1, 0.15) is 23.5 Å². The predicted octanol–water partition coefficient (Wildman–Crippen LogP) is 3.97. The molecule has 4 rings (SSSR count). The molecule has 0 aliphatic heterocycles. The van der Waals surface area contributed by atoms with Crippen LogP contribution in [-0.4, -0.2) is 35.0 Å². The topological polar surface area (TPSA) is 110 Å². The number of benzene rings is 3. The molecule has 1 aromatic heterocycles. The first-order chi connectivity index (χ1) is 15.9. The second kappa shape index (κ2) is 9.89. The number of hydrogen-bond donors (Lipinski definition) is 4. The zero-order valence-corrected chi connectivity index (χ0v) is 17.9. The molecule has 8 heteroatoms. The summed E-state index contributed by atoms with van der Waals surface area (Å²) < 4.78 is 27.0. The number of amides is 1. The van der Waals surface area contributed by atoms with Gasteiger partial charge in [-0.05, 0) is 78.0 Å². The smallest absolute Gasteiger partial charge is 0.287 e. The van der Waals surface area contributed by atoms with Gasteiger partial charge in [0.05, 0.1) is 11.0 Å². The zero-order chi connectivity index (χ0) is 23.4. The van der Waals surface area contributed by atoms with E-state index in [-0.39, 0.29) is 29.4 Å². The van der Waals surface area contributed by atoms with Gasteiger partial charge in [0.25, 0.3) is 5.91 Å². The first kappa shape index (κ1) is 22.6. The highest BCUT2D eigenvalue weighted by Gasteiger charge is 2.16. The Kier molecular flexibility index (Phi) is 6.76. The van der Waals surface area contributed by atoms with E-state index in [1.807, 2.05) is 12.1 Å². The Bertz CT molecular complexity index is 1170. The normalized spacial score (nSPS) is 12.1. The highest BCUT2D eigenvalue weighted by molar-refractivity contribution is 5.98. The van der Waals surface area contributed by atoms with Crippen LogP contribution in [0.3, 0.4) is 0 Å². The quantitative estimate of drug-likeness (QED) is 0.326. The molecule has 6 N–H and O–H groups in total. The molecular weight excluding hydrogens is 424 g/mol. The van der Waals surface area contributed by atoms with E-state index >= 15 is 0 Å². The lowest BCUT2D eigenvalue weighted by atomic mass is 9.94. The van der Waals surface area contributed by atoms with Crippen molar-refractivity contribution in [3.05, 3.63) is 78.1 Å². The van der Waals surface area contributed by atoms with E-state index in [0.717, 1.165) is 35.1 Å². The summed E-state index contributed by atoms with van der Waals surface area (Å²) in [4.78, 5) is 20.1. The van der Waals surface area contributed by atoms with Gasteiger partial charge >= 0.3 is 0 Å². The van der Waals surface area contributed by atoms with E-state index in [1.54, 1.807) is 24.3 Å². The predicted molar refractivity (Wildman–Crippen MR) is 125 cm³/mol. The minimum atomic E-state index is -0.360. The molecule has 33 heavy (non-hydrogen) atoms. The highest BCUT2D eigenvalue weighted by atomic mass is 19.1. The van der Waals surface area contributed by atoms with Crippen molar-refractivity contribution in [2.24, 2.45) is 11.5 Å². The van der Waals surface area contributed by atoms with E-state index in [9.17, 15) is 13.6 Å². The van der Waals surface area contributed by atoms with Crippen LogP contribution in [-0.2, 0) is 0 Å². The number of nitrogens with one attached hydrogen (secondary N) is 2. The van der Waals surface area contributed by atoms with Crippen LogP contribution in [0, 0.1) is 11.6 Å². The molecule has 1 atom stereocenters. The highest BCUT2D eigenvalue weighted by Crippen LogP contribution is 2.35. The summed E-state index contributed by atoms with van der Waals surface area (Å²) in [6, 6.07) is 15.7. The van der Waals surface area contributed by atoms with Crippen LogP contribution in [0.4, 0.5) is 8.78 Å². The van der Waals surface area contributed by atoms with Crippen LogP contribution < -0.4 is 16.8 Å². The zero-order valence-electron chi connectivity index (χ0n) is 17.9. The third-order valence-corrected chi connectivity index (χ3v) is 5.45. The maximum atomic E-state index is 13.5. The average Bonchev–Trinajstić information content (AvgIpc) is 3.24. The molecule has 0 fully saturated rings. The third kappa shape index (κ3) is 5.24. The lowest BCUT2D eigenvalue weighted by Gasteiger charge is -2.11. The number of aromatic nitrogens is 2. The van der Waals surface area contributed by atoms with Crippen molar-refractivity contribution in [1.29, 1.82) is 0 Å². The van der Waals surface area contributed by atoms with Gasteiger partial charge in [0, 0.05) is 12.6 Å². The molecule has 1 heterocycles. The van der Waals surface area contributed by atoms with E-state index < -0.39 is 0 Å². The molecule has 6 nitrogen and oxygen atoms in total. The number of halogens is 2. The van der Waals surface area contributed by atoms with E-state index in [2.05, 4.69) is 15.3 Å². The first-order valence-electron chi connectivity index (χ1n) is 10.7. The lowest BCUT2D eigenvalue weighted by Crippen LogP contribution is -2.37. The van der Waals surface area contributed by atoms with Gasteiger partial charge in [-0.15, -0.1) is 0 Å². The third-order valence-electron chi connectivity index (χ3n) is 5.45. The van der Waals surface area contributed by atoms with Crippen molar-refractivity contribution in [1.82, 2.24) is 15.3 Å². The molecule has 0 saturated carbocycles. The molecule has 0 bridgehead atoms. The number of fused-ring (bicyclic) bond motifs is 1. The molecule has 0 spiro atoms. The van der Waals surface area contributed by atoms with Crippen LogP contribution in [0.2, 0.25) is 0 Å². The van der Waals surface area contributed by atoms with Gasteiger partial charge in [-0.1, -0.05) is 24.3 Å². The minimum Gasteiger partial charge on any atom is -0.348 e. The summed E-state index contributed by atoms with van der Waals surface area (Å²) in [6.07, 6.45) is 1.51. The molecule has 0 aliphatic carbocycles. The largest absolute Gasteiger partial charge is 0.348 e. The van der Waals surface area contributed by atoms with Crippen molar-refractivity contribution in [2.45, 2.75) is 18.9 Å². The second-order valence-electron chi connectivity index (χ2n) is 7.92. The molecule has 0 radical (unpaired) electrons. The molecule has 0 saturated heterocycles. The van der Waals surface area contributed by atoms with Crippen molar-refractivity contribution in [2.75, 3.05) is 13.1 Å². The number of hydrogen-bond acceptors (Lipinski definition) is 4. The van der Waals surface area contributed by atoms with E-state index in [1.165, 1.54) is 24.3 Å². The molecule has 1 amide bonds. The van der Waals surface area contributed by atoms with Crippen LogP contribution in [0.5, 0.6) is 0 Å². The van der Waals surface area contributed by atoms with Gasteiger partial charge in [-0.3, -0.25) is 4.79 Å². The SMILES string of the molecule is NCCC[C@H](N)CNC(=O)c1nc2cc(-c3ccc(F)cc3)c(-c3ccc(F)cc3)cc2[nH]1. The summed E-state index contributed by atoms with van der Waals surface area (Å²) in [5.74, 6) is -0.877. The molecular formula is C25H25F2N5O. The number of aromatic amines is 1. The Morgan fingerprint density at radius 3 is 2.12 bits per heavy atom. The van der Waals surface area contributed by atoms with Gasteiger partial charge in [0.1, 0.15) is 11.6 Å². The fourth-order valence-corrected chi connectivity index (χ4v) is 3.69. The van der Waals surface area contributed by atoms with Crippen LogP contribution in [0.25, 0.3) is 33.3 Å². The lowest BCUT2D eigenvalue weighted by molar-refractivity contribution is 0.0941. The van der Waals surface area contributed by atoms with Crippen molar-refractivity contribution >= 4 is 16.9 Å². The van der Waals surface area contributed by atoms with Crippen molar-refractivity contribution in [3.8, 4) is 22.3 Å². The summed E-state index contributed by atoms with van der Waals surface area (Å²) in [5, 5.41) is 2.79. The Morgan fingerprint density at radius 2 is 1.55 bits per heavy atom. The van der Waals surface area contributed by atoms with E-state index in [4.69, 9.17) is 11.5 Å². The molecule has 170 valence electrons. The monoisotopic (exact) mass is 449 g/mol. The Morgan fingerprint density at radius 1 is 0.970 bits per heavy atom. The van der Waals surface area contributed by atoms with Gasteiger partial charge in [-0.25, -0.2) is 13.8 Å². The van der Waals surface area contributed by atoms with Gasteiger partial charge in [0.15, 0.2) is 5.82 Å². The molecule has 3 aromatic carbocycles. The summed E-state index contributed by atoms with van der Waals surface area (Å²) in [6.45, 7) is 0.871. The molecule has 0 aliphatic rings. The fraction of sp³-hybridized carbons (Fsp3) is 0.200. The minimum absolute atomic E-state index is 0.164. The van der Waals surface area contributed by atoms with E-state index in [0.29, 0.717) is 24.1 Å². The molecule has 0 unspecified atom stereocenters. The fourth-order valence-electron chi connectivity index (χ4n) is 3.69. The van der Waals surface area contributed by atoms with Gasteiger partial charge in [-0.2, -0.15) is 0 Å². The Labute approximate surface area is 190 Å². The average molecular weight is 450 g/mol. The second-order valence-corrected chi connectivity index (χ2v) is 7.92. The number of carbonyl (C=O) groups is 1. The number of nitrogens with two attached hydrogens (primary N) is 2. The number of carbonyl (C=O) groups excluding carboxylic acids is 1. The Hall–Kier alpha value is -3.62. The van der Waals surface area contributed by atoms with Gasteiger partial charge in [0.2, 0.25) is 0 Å². The summed E-state index contributed by atoms with van der Waals surface area (Å²) in [5.41, 5.74) is 15.9. The summed E-state index contributed by atoms with van der Waals surface area (Å²) in [7, 11) is 0. The first-order valence-corrected chi connectivity index (χ1v) is 10.7. The van der Waals surface area contributed by atoms with Crippen LogP contribution >= 0.6 is 0 Å². The maximum absolute atomic E-state index is 13.5. The number of imidazole rings is 1. The summed E-state index contributed by atoms with van der Waals surface area (Å²) >= 11 is 0. The Balaban J connectivity index is 1.70. The standard InChI is InChI=1S/C25H25F2N5O/c26-17-7-3-15(4-8-17)20-12-22-23(13-21(20)16-5-9-18(27)10-6-16)32-24(31-22)25(33)30-14-19(29)2-1-11-28/h3-10,12-13,19H,1-2,11,14,28-29H2,(H,30,33)(H,31,32)/t19-/m0/s1. The maximum Gasteiger partial charge on any atom is 0.287 e. The van der Waals surface area contributed by atoms with Crippen molar-refractivity contribution in [3.63, 3.8) is 0 Å². The number of H-pyrrole nitrogens is 1. The van der Waals surface area contributed by atoms with Gasteiger partial charge < -0.3 is 21.8 Å². The number of rotatable bonds is 8.